The fraction of sp³-hybridized carbons (Fsp3) is 1.00. The van der Waals surface area contributed by atoms with Gasteiger partial charge in [-0.05, 0) is 94.8 Å². The molecule has 1 heterocycles. The summed E-state index contributed by atoms with van der Waals surface area (Å²) in [6, 6.07) is 0. The maximum absolute atomic E-state index is 5.67. The van der Waals surface area contributed by atoms with Crippen LogP contribution in [0.15, 0.2) is 0 Å². The Morgan fingerprint density at radius 1 is 1.00 bits per heavy atom. The van der Waals surface area contributed by atoms with Gasteiger partial charge in [0.05, 0.1) is 0 Å². The number of rotatable bonds is 8. The molecule has 2 nitrogen and oxygen atoms in total. The summed E-state index contributed by atoms with van der Waals surface area (Å²) < 4.78 is 0. The van der Waals surface area contributed by atoms with Crippen molar-refractivity contribution < 1.29 is 0 Å². The standard InChI is InChI=1S/C21H42N2/c1-17(7-6-14-22)10-11-20-8-4-5-9-21(20)18(2)19-12-15-23(3)16-13-19/h17-21H,4-16,22H2,1-3H3/t17?,18-,20?,21?/m1/s1. The van der Waals surface area contributed by atoms with Gasteiger partial charge < -0.3 is 10.6 Å². The second kappa shape index (κ2) is 10.0. The molecule has 1 aliphatic carbocycles. The molecule has 0 amide bonds. The molecule has 0 bridgehead atoms. The molecule has 1 saturated carbocycles. The van der Waals surface area contributed by atoms with Gasteiger partial charge in [-0.1, -0.05) is 39.5 Å². The summed E-state index contributed by atoms with van der Waals surface area (Å²) in [6.45, 7) is 8.54. The first-order valence-electron chi connectivity index (χ1n) is 10.5. The minimum atomic E-state index is 0.865. The lowest BCUT2D eigenvalue weighted by atomic mass is 9.66. The number of hydrogen-bond donors (Lipinski definition) is 1. The van der Waals surface area contributed by atoms with Gasteiger partial charge in [-0.3, -0.25) is 0 Å². The highest BCUT2D eigenvalue weighted by Gasteiger charge is 2.34. The van der Waals surface area contributed by atoms with Gasteiger partial charge in [0.25, 0.3) is 0 Å². The summed E-state index contributed by atoms with van der Waals surface area (Å²) in [7, 11) is 2.28. The Morgan fingerprint density at radius 2 is 1.70 bits per heavy atom. The topological polar surface area (TPSA) is 29.3 Å². The van der Waals surface area contributed by atoms with Crippen LogP contribution in [-0.4, -0.2) is 31.6 Å². The van der Waals surface area contributed by atoms with Crippen molar-refractivity contribution in [3.05, 3.63) is 0 Å². The van der Waals surface area contributed by atoms with Gasteiger partial charge in [0.1, 0.15) is 0 Å². The highest BCUT2D eigenvalue weighted by atomic mass is 15.1. The van der Waals surface area contributed by atoms with E-state index in [-0.39, 0.29) is 0 Å². The maximum Gasteiger partial charge on any atom is -0.00190 e. The second-order valence-corrected chi connectivity index (χ2v) is 8.82. The first-order chi connectivity index (χ1) is 11.1. The highest BCUT2D eigenvalue weighted by molar-refractivity contribution is 4.85. The Bertz CT molecular complexity index is 309. The zero-order chi connectivity index (χ0) is 16.7. The summed E-state index contributed by atoms with van der Waals surface area (Å²) >= 11 is 0. The van der Waals surface area contributed by atoms with Crippen molar-refractivity contribution in [3.63, 3.8) is 0 Å². The third kappa shape index (κ3) is 6.05. The molecule has 2 heteroatoms. The molecule has 2 fully saturated rings. The quantitative estimate of drug-likeness (QED) is 0.687. The van der Waals surface area contributed by atoms with Crippen molar-refractivity contribution in [1.82, 2.24) is 4.90 Å². The first-order valence-corrected chi connectivity index (χ1v) is 10.5. The molecule has 2 aliphatic rings. The minimum absolute atomic E-state index is 0.865. The molecule has 136 valence electrons. The molecule has 1 saturated heterocycles. The molecule has 2 rings (SSSR count). The van der Waals surface area contributed by atoms with E-state index in [1.165, 1.54) is 77.3 Å². The molecule has 1 aliphatic heterocycles. The molecular weight excluding hydrogens is 280 g/mol. The molecular formula is C21H42N2. The predicted molar refractivity (Wildman–Crippen MR) is 102 cm³/mol. The summed E-state index contributed by atoms with van der Waals surface area (Å²) in [6.07, 6.45) is 14.3. The van der Waals surface area contributed by atoms with Crippen LogP contribution < -0.4 is 5.73 Å². The van der Waals surface area contributed by atoms with Gasteiger partial charge in [0.15, 0.2) is 0 Å². The van der Waals surface area contributed by atoms with E-state index in [1.807, 2.05) is 0 Å². The van der Waals surface area contributed by atoms with Crippen molar-refractivity contribution in [3.8, 4) is 0 Å². The van der Waals surface area contributed by atoms with E-state index in [9.17, 15) is 0 Å². The van der Waals surface area contributed by atoms with Crippen LogP contribution in [0.3, 0.4) is 0 Å². The number of nitrogens with two attached hydrogens (primary N) is 1. The molecule has 23 heavy (non-hydrogen) atoms. The Balaban J connectivity index is 1.82. The number of piperidine rings is 1. The molecule has 0 radical (unpaired) electrons. The minimum Gasteiger partial charge on any atom is -0.330 e. The van der Waals surface area contributed by atoms with Crippen LogP contribution in [-0.2, 0) is 0 Å². The predicted octanol–water partition coefficient (Wildman–Crippen LogP) is 4.93. The van der Waals surface area contributed by atoms with Gasteiger partial charge in [0.2, 0.25) is 0 Å². The number of likely N-dealkylation sites (tertiary alicyclic amines) is 1. The monoisotopic (exact) mass is 322 g/mol. The number of nitrogens with zero attached hydrogens (tertiary/aromatic N) is 1. The molecule has 0 aromatic rings. The van der Waals surface area contributed by atoms with Gasteiger partial charge in [0, 0.05) is 0 Å². The molecule has 4 atom stereocenters. The van der Waals surface area contributed by atoms with Crippen molar-refractivity contribution >= 4 is 0 Å². The largest absolute Gasteiger partial charge is 0.330 e. The third-order valence-electron chi connectivity index (χ3n) is 7.08. The van der Waals surface area contributed by atoms with E-state index in [2.05, 4.69) is 25.8 Å². The Hall–Kier alpha value is -0.0800. The fourth-order valence-corrected chi connectivity index (χ4v) is 5.30. The van der Waals surface area contributed by atoms with Crippen LogP contribution in [0.4, 0.5) is 0 Å². The Kier molecular flexibility index (Phi) is 8.40. The van der Waals surface area contributed by atoms with E-state index >= 15 is 0 Å². The zero-order valence-electron chi connectivity index (χ0n) is 16.1. The van der Waals surface area contributed by atoms with E-state index in [1.54, 1.807) is 0 Å². The van der Waals surface area contributed by atoms with Gasteiger partial charge in [-0.25, -0.2) is 0 Å². The van der Waals surface area contributed by atoms with E-state index < -0.39 is 0 Å². The van der Waals surface area contributed by atoms with E-state index in [0.29, 0.717) is 0 Å². The molecule has 0 aromatic heterocycles. The summed E-state index contributed by atoms with van der Waals surface area (Å²) in [4.78, 5) is 2.51. The zero-order valence-corrected chi connectivity index (χ0v) is 16.1. The SMILES string of the molecule is CC(CCCN)CCC1CCCCC1[C@H](C)C1CCN(C)CC1. The third-order valence-corrected chi connectivity index (χ3v) is 7.08. The summed E-state index contributed by atoms with van der Waals surface area (Å²) in [5.41, 5.74) is 5.67. The van der Waals surface area contributed by atoms with Gasteiger partial charge in [-0.15, -0.1) is 0 Å². The molecule has 3 unspecified atom stereocenters. The van der Waals surface area contributed by atoms with Crippen LogP contribution in [0.2, 0.25) is 0 Å². The maximum atomic E-state index is 5.67. The van der Waals surface area contributed by atoms with Gasteiger partial charge in [-0.2, -0.15) is 0 Å². The van der Waals surface area contributed by atoms with Crippen molar-refractivity contribution in [1.29, 1.82) is 0 Å². The van der Waals surface area contributed by atoms with Crippen LogP contribution in [0.5, 0.6) is 0 Å². The lowest BCUT2D eigenvalue weighted by molar-refractivity contribution is 0.0810. The lowest BCUT2D eigenvalue weighted by Crippen LogP contribution is -2.37. The lowest BCUT2D eigenvalue weighted by Gasteiger charge is -2.42. The molecule has 0 spiro atoms. The van der Waals surface area contributed by atoms with E-state index in [0.717, 1.165) is 36.1 Å². The smallest absolute Gasteiger partial charge is 0.00190 e. The Morgan fingerprint density at radius 3 is 2.39 bits per heavy atom. The van der Waals surface area contributed by atoms with Crippen LogP contribution in [0, 0.1) is 29.6 Å². The molecule has 0 aromatic carbocycles. The average Bonchev–Trinajstić information content (AvgIpc) is 2.58. The summed E-state index contributed by atoms with van der Waals surface area (Å²) in [5, 5.41) is 0. The Labute approximate surface area is 145 Å². The van der Waals surface area contributed by atoms with Crippen LogP contribution in [0.25, 0.3) is 0 Å². The normalized spacial score (nSPS) is 30.3. The highest BCUT2D eigenvalue weighted by Crippen LogP contribution is 2.43. The van der Waals surface area contributed by atoms with E-state index in [4.69, 9.17) is 5.73 Å². The fourth-order valence-electron chi connectivity index (χ4n) is 5.30. The number of hydrogen-bond acceptors (Lipinski definition) is 2. The van der Waals surface area contributed by atoms with Crippen molar-refractivity contribution in [2.75, 3.05) is 26.7 Å². The summed E-state index contributed by atoms with van der Waals surface area (Å²) in [5.74, 6) is 4.84. The first kappa shape index (κ1) is 19.2. The van der Waals surface area contributed by atoms with Gasteiger partial charge >= 0.3 is 0 Å². The van der Waals surface area contributed by atoms with Crippen molar-refractivity contribution in [2.24, 2.45) is 35.3 Å². The molecule has 2 N–H and O–H groups in total. The second-order valence-electron chi connectivity index (χ2n) is 8.82. The van der Waals surface area contributed by atoms with Crippen LogP contribution in [0.1, 0.15) is 78.1 Å². The average molecular weight is 323 g/mol. The van der Waals surface area contributed by atoms with Crippen LogP contribution >= 0.6 is 0 Å². The van der Waals surface area contributed by atoms with Crippen molar-refractivity contribution in [2.45, 2.75) is 78.1 Å².